The van der Waals surface area contributed by atoms with Gasteiger partial charge in [0.15, 0.2) is 0 Å². The fraction of sp³-hybridized carbons (Fsp3) is 1.00. The largest absolute Gasteiger partial charge is 0.320 e. The second kappa shape index (κ2) is 2.28. The summed E-state index contributed by atoms with van der Waals surface area (Å²) in [5.41, 5.74) is 0. The normalized spacial score (nSPS) is 23.2. The van der Waals surface area contributed by atoms with E-state index in [2.05, 4.69) is 17.9 Å². The van der Waals surface area contributed by atoms with Crippen molar-refractivity contribution in [3.05, 3.63) is 0 Å². The molecule has 0 aromatic carbocycles. The molecule has 0 amide bonds. The van der Waals surface area contributed by atoms with Gasteiger partial charge < -0.3 is 5.32 Å². The van der Waals surface area contributed by atoms with Crippen LogP contribution in [0.15, 0.2) is 0 Å². The van der Waals surface area contributed by atoms with Crippen molar-refractivity contribution in [3.8, 4) is 0 Å². The molecular weight excluding hydrogens is 118 g/mol. The van der Waals surface area contributed by atoms with Crippen LogP contribution < -0.4 is 5.32 Å². The first-order valence-electron chi connectivity index (χ1n) is 3.14. The maximum absolute atomic E-state index is 4.46. The van der Waals surface area contributed by atoms with Crippen LogP contribution in [0.25, 0.3) is 0 Å². The number of nitrogens with one attached hydrogen (secondary N) is 1. The van der Waals surface area contributed by atoms with E-state index in [-0.39, 0.29) is 0 Å². The Bertz CT molecular complexity index is 78.6. The molecule has 1 nitrogen and oxygen atoms in total. The summed E-state index contributed by atoms with van der Waals surface area (Å²) in [4.78, 5) is 0. The van der Waals surface area contributed by atoms with Gasteiger partial charge in [0, 0.05) is 4.75 Å². The number of rotatable bonds is 3. The molecule has 8 heavy (non-hydrogen) atoms. The molecule has 0 heterocycles. The van der Waals surface area contributed by atoms with E-state index in [1.165, 1.54) is 19.3 Å². The predicted molar refractivity (Wildman–Crippen MR) is 39.5 cm³/mol. The molecule has 1 rings (SSSR count). The summed E-state index contributed by atoms with van der Waals surface area (Å²) < 4.78 is 0.434. The van der Waals surface area contributed by atoms with Crippen molar-refractivity contribution in [2.24, 2.45) is 0 Å². The molecule has 0 bridgehead atoms. The Morgan fingerprint density at radius 1 is 1.62 bits per heavy atom. The van der Waals surface area contributed by atoms with Crippen molar-refractivity contribution in [2.45, 2.75) is 24.0 Å². The van der Waals surface area contributed by atoms with Crippen LogP contribution >= 0.6 is 12.6 Å². The van der Waals surface area contributed by atoms with Crippen LogP contribution in [0.2, 0.25) is 0 Å². The molecule has 0 aromatic rings. The zero-order chi connectivity index (χ0) is 6.04. The molecule has 0 atom stereocenters. The number of thiol groups is 1. The maximum Gasteiger partial charge on any atom is 0.0143 e. The maximum atomic E-state index is 4.46. The van der Waals surface area contributed by atoms with Crippen LogP contribution in [-0.2, 0) is 0 Å². The van der Waals surface area contributed by atoms with Gasteiger partial charge in [0.2, 0.25) is 0 Å². The summed E-state index contributed by atoms with van der Waals surface area (Å²) in [6.45, 7) is 1.11. The van der Waals surface area contributed by atoms with E-state index in [9.17, 15) is 0 Å². The molecule has 1 saturated carbocycles. The summed E-state index contributed by atoms with van der Waals surface area (Å²) in [5.74, 6) is 0. The molecule has 0 unspecified atom stereocenters. The predicted octanol–water partition coefficient (Wildman–Crippen LogP) is 1.06. The van der Waals surface area contributed by atoms with Crippen LogP contribution in [0.1, 0.15) is 19.3 Å². The Hall–Kier alpha value is 0.310. The lowest BCUT2D eigenvalue weighted by Crippen LogP contribution is -2.13. The third-order valence-electron chi connectivity index (χ3n) is 1.67. The van der Waals surface area contributed by atoms with Gasteiger partial charge in [0.25, 0.3) is 0 Å². The highest BCUT2D eigenvalue weighted by atomic mass is 32.1. The Morgan fingerprint density at radius 3 is 2.62 bits per heavy atom. The fourth-order valence-corrected chi connectivity index (χ4v) is 0.976. The molecule has 1 fully saturated rings. The first kappa shape index (κ1) is 6.43. The number of hydrogen-bond donors (Lipinski definition) is 2. The quantitative estimate of drug-likeness (QED) is 0.546. The summed E-state index contributed by atoms with van der Waals surface area (Å²) in [6.07, 6.45) is 3.86. The van der Waals surface area contributed by atoms with Crippen LogP contribution in [0.4, 0.5) is 0 Å². The zero-order valence-corrected chi connectivity index (χ0v) is 6.17. The molecule has 1 N–H and O–H groups in total. The van der Waals surface area contributed by atoms with Gasteiger partial charge in [-0.3, -0.25) is 0 Å². The van der Waals surface area contributed by atoms with Crippen LogP contribution in [0, 0.1) is 0 Å². The van der Waals surface area contributed by atoms with E-state index in [1.54, 1.807) is 0 Å². The Morgan fingerprint density at radius 2 is 2.25 bits per heavy atom. The first-order valence-corrected chi connectivity index (χ1v) is 3.59. The average molecular weight is 131 g/mol. The van der Waals surface area contributed by atoms with Crippen LogP contribution in [0.5, 0.6) is 0 Å². The molecule has 0 saturated heterocycles. The monoisotopic (exact) mass is 131 g/mol. The molecule has 0 spiro atoms. The minimum absolute atomic E-state index is 0.434. The highest BCUT2D eigenvalue weighted by Gasteiger charge is 2.37. The standard InChI is InChI=1S/C6H13NS/c1-7-5-4-6(8)2-3-6/h7-8H,2-5H2,1H3. The highest BCUT2D eigenvalue weighted by Crippen LogP contribution is 2.44. The van der Waals surface area contributed by atoms with Gasteiger partial charge in [-0.1, -0.05) is 0 Å². The SMILES string of the molecule is CNCCC1(S)CC1. The molecule has 0 aromatic heterocycles. The molecule has 48 valence electrons. The molecule has 2 heteroatoms. The van der Waals surface area contributed by atoms with Gasteiger partial charge in [0.05, 0.1) is 0 Å². The molecule has 0 radical (unpaired) electrons. The van der Waals surface area contributed by atoms with Crippen molar-refractivity contribution < 1.29 is 0 Å². The van der Waals surface area contributed by atoms with E-state index in [4.69, 9.17) is 0 Å². The van der Waals surface area contributed by atoms with Gasteiger partial charge in [0.1, 0.15) is 0 Å². The topological polar surface area (TPSA) is 12.0 Å². The van der Waals surface area contributed by atoms with Gasteiger partial charge in [-0.15, -0.1) is 0 Å². The smallest absolute Gasteiger partial charge is 0.0143 e. The minimum Gasteiger partial charge on any atom is -0.320 e. The van der Waals surface area contributed by atoms with Gasteiger partial charge in [-0.25, -0.2) is 0 Å². The van der Waals surface area contributed by atoms with E-state index in [0.717, 1.165) is 6.54 Å². The zero-order valence-electron chi connectivity index (χ0n) is 5.28. The summed E-state index contributed by atoms with van der Waals surface area (Å²) >= 11 is 4.46. The highest BCUT2D eigenvalue weighted by molar-refractivity contribution is 7.82. The van der Waals surface area contributed by atoms with Gasteiger partial charge >= 0.3 is 0 Å². The van der Waals surface area contributed by atoms with Crippen molar-refractivity contribution in [3.63, 3.8) is 0 Å². The molecule has 1 aliphatic carbocycles. The third kappa shape index (κ3) is 1.67. The average Bonchev–Trinajstić information content (AvgIpc) is 2.45. The van der Waals surface area contributed by atoms with Crippen molar-refractivity contribution >= 4 is 12.6 Å². The number of hydrogen-bond acceptors (Lipinski definition) is 2. The van der Waals surface area contributed by atoms with Crippen molar-refractivity contribution in [1.82, 2.24) is 5.32 Å². The summed E-state index contributed by atoms with van der Waals surface area (Å²) in [6, 6.07) is 0. The molecule has 0 aliphatic heterocycles. The lowest BCUT2D eigenvalue weighted by molar-refractivity contribution is 0.698. The Balaban J connectivity index is 2.01. The summed E-state index contributed by atoms with van der Waals surface area (Å²) in [5, 5.41) is 3.12. The van der Waals surface area contributed by atoms with Gasteiger partial charge in [-0.2, -0.15) is 12.6 Å². The van der Waals surface area contributed by atoms with Crippen LogP contribution in [0.3, 0.4) is 0 Å². The van der Waals surface area contributed by atoms with Gasteiger partial charge in [-0.05, 0) is 32.9 Å². The molecule has 1 aliphatic rings. The first-order chi connectivity index (χ1) is 3.77. The third-order valence-corrected chi connectivity index (χ3v) is 2.34. The van der Waals surface area contributed by atoms with Crippen molar-refractivity contribution in [2.75, 3.05) is 13.6 Å². The summed E-state index contributed by atoms with van der Waals surface area (Å²) in [7, 11) is 1.99. The van der Waals surface area contributed by atoms with E-state index >= 15 is 0 Å². The van der Waals surface area contributed by atoms with E-state index < -0.39 is 0 Å². The lowest BCUT2D eigenvalue weighted by Gasteiger charge is -2.03. The Kier molecular flexibility index (Phi) is 1.83. The second-order valence-electron chi connectivity index (χ2n) is 2.58. The van der Waals surface area contributed by atoms with Crippen molar-refractivity contribution in [1.29, 1.82) is 0 Å². The van der Waals surface area contributed by atoms with Crippen LogP contribution in [-0.4, -0.2) is 18.3 Å². The fourth-order valence-electron chi connectivity index (χ4n) is 0.752. The minimum atomic E-state index is 0.434. The van der Waals surface area contributed by atoms with E-state index in [1.807, 2.05) is 7.05 Å². The lowest BCUT2D eigenvalue weighted by atomic mass is 10.3. The Labute approximate surface area is 56.3 Å². The molecular formula is C6H13NS. The second-order valence-corrected chi connectivity index (χ2v) is 3.53. The van der Waals surface area contributed by atoms with E-state index in [0.29, 0.717) is 4.75 Å².